The first-order chi connectivity index (χ1) is 15.4. The third kappa shape index (κ3) is 5.74. The molecule has 1 amide bonds. The van der Waals surface area contributed by atoms with Crippen molar-refractivity contribution in [3.63, 3.8) is 0 Å². The van der Waals surface area contributed by atoms with Gasteiger partial charge in [-0.2, -0.15) is 0 Å². The van der Waals surface area contributed by atoms with Crippen molar-refractivity contribution in [3.8, 4) is 0 Å². The SMILES string of the molecule is CC(=O)N[C@H]1[C@H](OCc2ccccc2)O[C@H]([C@H]2COC(C)(C)O2)[C@@H]1OCc1ccccc1. The first-order valence-corrected chi connectivity index (χ1v) is 11.0. The van der Waals surface area contributed by atoms with Gasteiger partial charge in [0.25, 0.3) is 0 Å². The molecule has 7 nitrogen and oxygen atoms in total. The van der Waals surface area contributed by atoms with E-state index in [0.29, 0.717) is 19.8 Å². The van der Waals surface area contributed by atoms with Crippen molar-refractivity contribution in [1.82, 2.24) is 5.32 Å². The van der Waals surface area contributed by atoms with Crippen LogP contribution in [0.1, 0.15) is 31.9 Å². The Kier molecular flexibility index (Phi) is 7.23. The second kappa shape index (κ2) is 10.1. The highest BCUT2D eigenvalue weighted by Gasteiger charge is 2.53. The Bertz CT molecular complexity index is 875. The number of carbonyl (C=O) groups is 1. The van der Waals surface area contributed by atoms with Crippen LogP contribution in [-0.2, 0) is 41.7 Å². The molecule has 2 aliphatic rings. The fraction of sp³-hybridized carbons (Fsp3) is 0.480. The van der Waals surface area contributed by atoms with Crippen molar-refractivity contribution in [2.75, 3.05) is 6.61 Å². The summed E-state index contributed by atoms with van der Waals surface area (Å²) in [5.41, 5.74) is 2.05. The summed E-state index contributed by atoms with van der Waals surface area (Å²) in [7, 11) is 0. The molecule has 172 valence electrons. The Morgan fingerprint density at radius 2 is 1.59 bits per heavy atom. The number of rotatable bonds is 8. The van der Waals surface area contributed by atoms with Gasteiger partial charge in [-0.05, 0) is 25.0 Å². The third-order valence-corrected chi connectivity index (χ3v) is 5.57. The molecule has 2 fully saturated rings. The van der Waals surface area contributed by atoms with Gasteiger partial charge in [-0.15, -0.1) is 0 Å². The van der Waals surface area contributed by atoms with Crippen LogP contribution in [0.5, 0.6) is 0 Å². The summed E-state index contributed by atoms with van der Waals surface area (Å²) in [4.78, 5) is 12.0. The molecule has 2 heterocycles. The van der Waals surface area contributed by atoms with Gasteiger partial charge in [0.05, 0.1) is 19.8 Å². The molecule has 2 aliphatic heterocycles. The molecule has 0 unspecified atom stereocenters. The van der Waals surface area contributed by atoms with Crippen LogP contribution in [0.25, 0.3) is 0 Å². The molecule has 0 radical (unpaired) electrons. The van der Waals surface area contributed by atoms with E-state index in [0.717, 1.165) is 11.1 Å². The Hall–Kier alpha value is -2.29. The maximum absolute atomic E-state index is 12.0. The molecule has 0 spiro atoms. The van der Waals surface area contributed by atoms with Crippen LogP contribution < -0.4 is 5.32 Å². The number of hydrogen-bond acceptors (Lipinski definition) is 6. The number of ether oxygens (including phenoxy) is 5. The maximum atomic E-state index is 12.0. The van der Waals surface area contributed by atoms with Gasteiger partial charge in [-0.25, -0.2) is 0 Å². The number of hydrogen-bond donors (Lipinski definition) is 1. The van der Waals surface area contributed by atoms with Crippen molar-refractivity contribution in [2.45, 2.75) is 70.4 Å². The van der Waals surface area contributed by atoms with Crippen molar-refractivity contribution < 1.29 is 28.5 Å². The normalized spacial score (nSPS) is 29.2. The average Bonchev–Trinajstić information content (AvgIpc) is 3.31. The molecule has 0 aromatic heterocycles. The van der Waals surface area contributed by atoms with Crippen LogP contribution >= 0.6 is 0 Å². The van der Waals surface area contributed by atoms with Crippen molar-refractivity contribution in [1.29, 1.82) is 0 Å². The lowest BCUT2D eigenvalue weighted by Crippen LogP contribution is -2.50. The van der Waals surface area contributed by atoms with Crippen LogP contribution in [0, 0.1) is 0 Å². The molecule has 0 aliphatic carbocycles. The molecule has 0 saturated carbocycles. The summed E-state index contributed by atoms with van der Waals surface area (Å²) in [5, 5.41) is 2.98. The molecule has 4 rings (SSSR count). The van der Waals surface area contributed by atoms with Gasteiger partial charge in [0, 0.05) is 6.92 Å². The number of amides is 1. The molecule has 7 heteroatoms. The summed E-state index contributed by atoms with van der Waals surface area (Å²) in [6.07, 6.45) is -1.95. The van der Waals surface area contributed by atoms with E-state index in [1.807, 2.05) is 74.5 Å². The second-order valence-electron chi connectivity index (χ2n) is 8.62. The van der Waals surface area contributed by atoms with E-state index in [-0.39, 0.29) is 12.0 Å². The third-order valence-electron chi connectivity index (χ3n) is 5.57. The Morgan fingerprint density at radius 1 is 1.00 bits per heavy atom. The molecule has 0 bridgehead atoms. The first kappa shape index (κ1) is 22.9. The standard InChI is InChI=1S/C25H31NO6/c1-17(27)26-21-23(28-14-18-10-6-4-7-11-18)22(20-16-30-25(2,3)32-20)31-24(21)29-15-19-12-8-5-9-13-19/h4-13,20-24H,14-16H2,1-3H3,(H,26,27)/t20-,21-,22-,23-,24-/m1/s1. The van der Waals surface area contributed by atoms with Crippen LogP contribution in [0.4, 0.5) is 0 Å². The fourth-order valence-electron chi connectivity index (χ4n) is 4.10. The van der Waals surface area contributed by atoms with Crippen molar-refractivity contribution in [3.05, 3.63) is 71.8 Å². The van der Waals surface area contributed by atoms with E-state index < -0.39 is 30.3 Å². The van der Waals surface area contributed by atoms with E-state index >= 15 is 0 Å². The second-order valence-corrected chi connectivity index (χ2v) is 8.62. The lowest BCUT2D eigenvalue weighted by atomic mass is 10.0. The molecule has 2 aromatic carbocycles. The molecule has 2 aromatic rings. The smallest absolute Gasteiger partial charge is 0.217 e. The molecule has 32 heavy (non-hydrogen) atoms. The zero-order valence-electron chi connectivity index (χ0n) is 18.7. The number of benzene rings is 2. The Morgan fingerprint density at radius 3 is 2.12 bits per heavy atom. The lowest BCUT2D eigenvalue weighted by Gasteiger charge is -2.27. The van der Waals surface area contributed by atoms with Gasteiger partial charge in [0.2, 0.25) is 5.91 Å². The van der Waals surface area contributed by atoms with Gasteiger partial charge in [0.15, 0.2) is 12.1 Å². The first-order valence-electron chi connectivity index (χ1n) is 11.0. The van der Waals surface area contributed by atoms with Gasteiger partial charge in [0.1, 0.15) is 24.4 Å². The van der Waals surface area contributed by atoms with E-state index in [1.54, 1.807) is 0 Å². The van der Waals surface area contributed by atoms with E-state index in [9.17, 15) is 4.79 Å². The van der Waals surface area contributed by atoms with Crippen LogP contribution in [0.15, 0.2) is 60.7 Å². The van der Waals surface area contributed by atoms with Crippen molar-refractivity contribution in [2.24, 2.45) is 0 Å². The Balaban J connectivity index is 1.53. The van der Waals surface area contributed by atoms with Gasteiger partial charge < -0.3 is 29.0 Å². The fourth-order valence-corrected chi connectivity index (χ4v) is 4.10. The predicted molar refractivity (Wildman–Crippen MR) is 117 cm³/mol. The van der Waals surface area contributed by atoms with Gasteiger partial charge in [-0.1, -0.05) is 60.7 Å². The number of nitrogens with one attached hydrogen (secondary N) is 1. The van der Waals surface area contributed by atoms with E-state index in [4.69, 9.17) is 23.7 Å². The van der Waals surface area contributed by atoms with Gasteiger partial charge >= 0.3 is 0 Å². The summed E-state index contributed by atoms with van der Waals surface area (Å²) in [6, 6.07) is 19.3. The molecular weight excluding hydrogens is 410 g/mol. The zero-order valence-corrected chi connectivity index (χ0v) is 18.7. The Labute approximate surface area is 189 Å². The summed E-state index contributed by atoms with van der Waals surface area (Å²) < 4.78 is 30.6. The average molecular weight is 442 g/mol. The summed E-state index contributed by atoms with van der Waals surface area (Å²) in [6.45, 7) is 6.33. The van der Waals surface area contributed by atoms with E-state index in [2.05, 4.69) is 5.32 Å². The molecule has 1 N–H and O–H groups in total. The lowest BCUT2D eigenvalue weighted by molar-refractivity contribution is -0.191. The highest BCUT2D eigenvalue weighted by Crippen LogP contribution is 2.34. The summed E-state index contributed by atoms with van der Waals surface area (Å²) in [5.74, 6) is -0.880. The topological polar surface area (TPSA) is 75.3 Å². The largest absolute Gasteiger partial charge is 0.368 e. The quantitative estimate of drug-likeness (QED) is 0.678. The van der Waals surface area contributed by atoms with Crippen LogP contribution in [-0.4, -0.2) is 48.9 Å². The highest BCUT2D eigenvalue weighted by atomic mass is 16.8. The maximum Gasteiger partial charge on any atom is 0.217 e. The van der Waals surface area contributed by atoms with Crippen LogP contribution in [0.3, 0.4) is 0 Å². The minimum absolute atomic E-state index is 0.176. The minimum atomic E-state index is -0.704. The predicted octanol–water partition coefficient (Wildman–Crippen LogP) is 3.17. The zero-order chi connectivity index (χ0) is 22.6. The molecular formula is C25H31NO6. The molecule has 5 atom stereocenters. The van der Waals surface area contributed by atoms with Crippen molar-refractivity contribution >= 4 is 5.91 Å². The highest BCUT2D eigenvalue weighted by molar-refractivity contribution is 5.73. The minimum Gasteiger partial charge on any atom is -0.368 e. The van der Waals surface area contributed by atoms with E-state index in [1.165, 1.54) is 6.92 Å². The monoisotopic (exact) mass is 441 g/mol. The number of carbonyl (C=O) groups excluding carboxylic acids is 1. The van der Waals surface area contributed by atoms with Gasteiger partial charge in [-0.3, -0.25) is 4.79 Å². The summed E-state index contributed by atoms with van der Waals surface area (Å²) >= 11 is 0. The van der Waals surface area contributed by atoms with Crippen LogP contribution in [0.2, 0.25) is 0 Å². The molecule has 2 saturated heterocycles.